The first-order chi connectivity index (χ1) is 13.3. The van der Waals surface area contributed by atoms with E-state index in [-0.39, 0.29) is 0 Å². The van der Waals surface area contributed by atoms with Crippen molar-refractivity contribution in [2.75, 3.05) is 45.3 Å². The zero-order chi connectivity index (χ0) is 20.3. The van der Waals surface area contributed by atoms with E-state index in [4.69, 9.17) is 9.47 Å². The Balaban J connectivity index is 1.65. The predicted octanol–water partition coefficient (Wildman–Crippen LogP) is 4.81. The van der Waals surface area contributed by atoms with Crippen molar-refractivity contribution in [1.82, 2.24) is 4.90 Å². The highest BCUT2D eigenvalue weighted by Gasteiger charge is 2.31. The molecule has 0 unspecified atom stereocenters. The maximum atomic E-state index is 12.9. The van der Waals surface area contributed by atoms with Gasteiger partial charge in [0.15, 0.2) is 11.5 Å². The van der Waals surface area contributed by atoms with Crippen LogP contribution in [0, 0.1) is 0 Å². The second kappa shape index (κ2) is 8.61. The Kier molecular flexibility index (Phi) is 6.40. The molecule has 4 nitrogen and oxygen atoms in total. The van der Waals surface area contributed by atoms with Crippen molar-refractivity contribution < 1.29 is 22.6 Å². The van der Waals surface area contributed by atoms with Gasteiger partial charge in [-0.05, 0) is 35.9 Å². The summed E-state index contributed by atoms with van der Waals surface area (Å²) in [6, 6.07) is 9.35. The summed E-state index contributed by atoms with van der Waals surface area (Å²) in [6.45, 7) is 3.59. The lowest BCUT2D eigenvalue weighted by atomic mass is 10.1. The van der Waals surface area contributed by atoms with E-state index in [0.29, 0.717) is 30.3 Å². The minimum absolute atomic E-state index is 0.610. The number of benzene rings is 2. The molecule has 0 bridgehead atoms. The molecule has 1 aliphatic heterocycles. The standard InChI is InChI=1S/C20H22BrF3N2O2/c1-27-18-10-14(17(21)12-19(18)28-2)13-25-6-8-26(9-7-25)16-5-3-4-15(11-16)20(22,23)24/h3-5,10-12H,6-9,13H2,1-2H3. The Hall–Kier alpha value is -1.93. The van der Waals surface area contributed by atoms with Crippen molar-refractivity contribution in [3.8, 4) is 11.5 Å². The summed E-state index contributed by atoms with van der Waals surface area (Å²) in [5, 5.41) is 0. The van der Waals surface area contributed by atoms with E-state index in [2.05, 4.69) is 20.8 Å². The smallest absolute Gasteiger partial charge is 0.416 e. The third kappa shape index (κ3) is 4.72. The van der Waals surface area contributed by atoms with Crippen molar-refractivity contribution >= 4 is 21.6 Å². The molecule has 28 heavy (non-hydrogen) atoms. The Morgan fingerprint density at radius 1 is 0.964 bits per heavy atom. The molecule has 0 radical (unpaired) electrons. The number of anilines is 1. The summed E-state index contributed by atoms with van der Waals surface area (Å²) in [7, 11) is 3.19. The Morgan fingerprint density at radius 3 is 2.21 bits per heavy atom. The highest BCUT2D eigenvalue weighted by molar-refractivity contribution is 9.10. The first-order valence-electron chi connectivity index (χ1n) is 8.87. The molecule has 3 rings (SSSR count). The minimum atomic E-state index is -4.32. The number of methoxy groups -OCH3 is 2. The van der Waals surface area contributed by atoms with Crippen LogP contribution in [0.5, 0.6) is 11.5 Å². The quantitative estimate of drug-likeness (QED) is 0.641. The summed E-state index contributed by atoms with van der Waals surface area (Å²) in [4.78, 5) is 4.27. The van der Waals surface area contributed by atoms with Gasteiger partial charge in [0.2, 0.25) is 0 Å². The number of nitrogens with zero attached hydrogens (tertiary/aromatic N) is 2. The molecule has 1 fully saturated rings. The van der Waals surface area contributed by atoms with Gasteiger partial charge in [-0.25, -0.2) is 0 Å². The zero-order valence-corrected chi connectivity index (χ0v) is 17.3. The van der Waals surface area contributed by atoms with Crippen LogP contribution >= 0.6 is 15.9 Å². The van der Waals surface area contributed by atoms with Crippen LogP contribution in [0.15, 0.2) is 40.9 Å². The third-order valence-electron chi connectivity index (χ3n) is 4.86. The van der Waals surface area contributed by atoms with Gasteiger partial charge >= 0.3 is 6.18 Å². The number of alkyl halides is 3. The molecule has 0 amide bonds. The molecular weight excluding hydrogens is 437 g/mol. The van der Waals surface area contributed by atoms with Crippen molar-refractivity contribution in [2.45, 2.75) is 12.7 Å². The van der Waals surface area contributed by atoms with Gasteiger partial charge in [0.25, 0.3) is 0 Å². The van der Waals surface area contributed by atoms with Crippen LogP contribution < -0.4 is 14.4 Å². The molecule has 1 aliphatic rings. The molecule has 152 valence electrons. The molecule has 0 saturated carbocycles. The SMILES string of the molecule is COc1cc(Br)c(CN2CCN(c3cccc(C(F)(F)F)c3)CC2)cc1OC. The first kappa shape index (κ1) is 20.8. The van der Waals surface area contributed by atoms with Gasteiger partial charge in [-0.1, -0.05) is 22.0 Å². The highest BCUT2D eigenvalue weighted by atomic mass is 79.9. The van der Waals surface area contributed by atoms with Crippen LogP contribution in [0.1, 0.15) is 11.1 Å². The maximum absolute atomic E-state index is 12.9. The molecule has 1 saturated heterocycles. The highest BCUT2D eigenvalue weighted by Crippen LogP contribution is 2.34. The van der Waals surface area contributed by atoms with Crippen LogP contribution in [0.3, 0.4) is 0 Å². The van der Waals surface area contributed by atoms with Gasteiger partial charge in [-0.15, -0.1) is 0 Å². The molecule has 0 atom stereocenters. The third-order valence-corrected chi connectivity index (χ3v) is 5.60. The van der Waals surface area contributed by atoms with Gasteiger partial charge in [-0.3, -0.25) is 4.90 Å². The molecule has 0 aromatic heterocycles. The van der Waals surface area contributed by atoms with Gasteiger partial charge in [0.1, 0.15) is 0 Å². The van der Waals surface area contributed by atoms with Gasteiger partial charge in [0, 0.05) is 42.9 Å². The molecule has 1 heterocycles. The average Bonchev–Trinajstić information content (AvgIpc) is 2.69. The van der Waals surface area contributed by atoms with Crippen LogP contribution in [0.25, 0.3) is 0 Å². The summed E-state index contributed by atoms with van der Waals surface area (Å²) in [5.41, 5.74) is 1.08. The predicted molar refractivity (Wildman–Crippen MR) is 106 cm³/mol. The lowest BCUT2D eigenvalue weighted by Crippen LogP contribution is -2.46. The lowest BCUT2D eigenvalue weighted by molar-refractivity contribution is -0.137. The number of hydrogen-bond acceptors (Lipinski definition) is 4. The van der Waals surface area contributed by atoms with Gasteiger partial charge in [0.05, 0.1) is 19.8 Å². The Labute approximate surface area is 171 Å². The second-order valence-corrected chi connectivity index (χ2v) is 7.46. The van der Waals surface area contributed by atoms with Crippen molar-refractivity contribution in [2.24, 2.45) is 0 Å². The largest absolute Gasteiger partial charge is 0.493 e. The van der Waals surface area contributed by atoms with E-state index in [9.17, 15) is 13.2 Å². The fraction of sp³-hybridized carbons (Fsp3) is 0.400. The fourth-order valence-corrected chi connectivity index (χ4v) is 3.75. The molecular formula is C20H22BrF3N2O2. The van der Waals surface area contributed by atoms with Crippen LogP contribution in [0.2, 0.25) is 0 Å². The van der Waals surface area contributed by atoms with Crippen molar-refractivity contribution in [1.29, 1.82) is 0 Å². The number of hydrogen-bond donors (Lipinski definition) is 0. The molecule has 0 spiro atoms. The normalized spacial score (nSPS) is 15.6. The summed E-state index contributed by atoms with van der Waals surface area (Å²) < 4.78 is 50.4. The molecule has 2 aromatic rings. The Bertz CT molecular complexity index is 822. The number of ether oxygens (including phenoxy) is 2. The van der Waals surface area contributed by atoms with E-state index in [1.54, 1.807) is 20.3 Å². The zero-order valence-electron chi connectivity index (χ0n) is 15.7. The van der Waals surface area contributed by atoms with E-state index in [0.717, 1.165) is 35.7 Å². The minimum Gasteiger partial charge on any atom is -0.493 e. The second-order valence-electron chi connectivity index (χ2n) is 6.61. The first-order valence-corrected chi connectivity index (χ1v) is 9.66. The summed E-state index contributed by atoms with van der Waals surface area (Å²) in [5.74, 6) is 1.33. The molecule has 2 aromatic carbocycles. The van der Waals surface area contributed by atoms with E-state index in [1.807, 2.05) is 17.0 Å². The topological polar surface area (TPSA) is 24.9 Å². The number of halogens is 4. The molecule has 0 aliphatic carbocycles. The van der Waals surface area contributed by atoms with Crippen LogP contribution in [-0.2, 0) is 12.7 Å². The van der Waals surface area contributed by atoms with Crippen molar-refractivity contribution in [3.63, 3.8) is 0 Å². The maximum Gasteiger partial charge on any atom is 0.416 e. The van der Waals surface area contributed by atoms with Crippen LogP contribution in [0.4, 0.5) is 18.9 Å². The van der Waals surface area contributed by atoms with Crippen molar-refractivity contribution in [3.05, 3.63) is 52.0 Å². The van der Waals surface area contributed by atoms with E-state index >= 15 is 0 Å². The van der Waals surface area contributed by atoms with Gasteiger partial charge < -0.3 is 14.4 Å². The van der Waals surface area contributed by atoms with E-state index in [1.165, 1.54) is 12.1 Å². The average molecular weight is 459 g/mol. The Morgan fingerprint density at radius 2 is 1.61 bits per heavy atom. The lowest BCUT2D eigenvalue weighted by Gasteiger charge is -2.36. The van der Waals surface area contributed by atoms with Crippen LogP contribution in [-0.4, -0.2) is 45.3 Å². The molecule has 8 heteroatoms. The van der Waals surface area contributed by atoms with Gasteiger partial charge in [-0.2, -0.15) is 13.2 Å². The summed E-state index contributed by atoms with van der Waals surface area (Å²) in [6.07, 6.45) is -4.32. The monoisotopic (exact) mass is 458 g/mol. The number of piperazine rings is 1. The number of rotatable bonds is 5. The summed E-state index contributed by atoms with van der Waals surface area (Å²) >= 11 is 3.57. The molecule has 0 N–H and O–H groups in total. The fourth-order valence-electron chi connectivity index (χ4n) is 3.30. The van der Waals surface area contributed by atoms with E-state index < -0.39 is 11.7 Å².